The summed E-state index contributed by atoms with van der Waals surface area (Å²) >= 11 is 0. The molecule has 3 aromatic rings. The molecule has 7 heteroatoms. The van der Waals surface area contributed by atoms with E-state index in [1.807, 2.05) is 37.3 Å². The minimum absolute atomic E-state index is 0.268. The molecule has 148 valence electrons. The number of rotatable bonds is 8. The zero-order valence-electron chi connectivity index (χ0n) is 16.2. The summed E-state index contributed by atoms with van der Waals surface area (Å²) in [6.45, 7) is 4.25. The monoisotopic (exact) mass is 400 g/mol. The topological polar surface area (TPSA) is 77.5 Å². The molecular formula is C21H24N2O4S. The number of aryl methyl sites for hydroxylation is 2. The van der Waals surface area contributed by atoms with Gasteiger partial charge < -0.3 is 9.47 Å². The lowest BCUT2D eigenvalue weighted by Gasteiger charge is -2.13. The number of aromatic nitrogens is 1. The summed E-state index contributed by atoms with van der Waals surface area (Å²) in [5.74, 6) is 1.37. The summed E-state index contributed by atoms with van der Waals surface area (Å²) in [5, 5.41) is 1.01. The van der Waals surface area contributed by atoms with Crippen LogP contribution in [-0.4, -0.2) is 33.7 Å². The molecule has 0 aliphatic carbocycles. The summed E-state index contributed by atoms with van der Waals surface area (Å²) in [4.78, 5) is 4.61. The standard InChI is InChI=1S/C21H24N2O4S/c1-15-14-20(16(2)13-19(15)26-3)28(24,25)23-11-6-12-27-18-9-4-7-17-8-5-10-22-21(17)18/h4-5,7-10,13-14,23H,6,11-12H2,1-3H3. The second-order valence-electron chi connectivity index (χ2n) is 6.52. The van der Waals surface area contributed by atoms with E-state index in [4.69, 9.17) is 9.47 Å². The van der Waals surface area contributed by atoms with Crippen LogP contribution in [0.25, 0.3) is 10.9 Å². The Bertz CT molecular complexity index is 1080. The van der Waals surface area contributed by atoms with Crippen molar-refractivity contribution in [3.63, 3.8) is 0 Å². The average molecular weight is 401 g/mol. The smallest absolute Gasteiger partial charge is 0.240 e. The van der Waals surface area contributed by atoms with Crippen LogP contribution in [0, 0.1) is 13.8 Å². The van der Waals surface area contributed by atoms with Crippen molar-refractivity contribution in [1.29, 1.82) is 0 Å². The van der Waals surface area contributed by atoms with Crippen LogP contribution in [0.3, 0.4) is 0 Å². The maximum absolute atomic E-state index is 12.6. The van der Waals surface area contributed by atoms with Gasteiger partial charge in [0.25, 0.3) is 0 Å². The molecule has 3 rings (SSSR count). The largest absolute Gasteiger partial charge is 0.496 e. The van der Waals surface area contributed by atoms with Crippen molar-refractivity contribution >= 4 is 20.9 Å². The maximum Gasteiger partial charge on any atom is 0.240 e. The predicted octanol–water partition coefficient (Wildman–Crippen LogP) is 3.61. The summed E-state index contributed by atoms with van der Waals surface area (Å²) in [6.07, 6.45) is 2.26. The molecule has 0 aliphatic heterocycles. The van der Waals surface area contributed by atoms with E-state index < -0.39 is 10.0 Å². The molecule has 0 atom stereocenters. The Hall–Kier alpha value is -2.64. The van der Waals surface area contributed by atoms with Gasteiger partial charge in [0.15, 0.2) is 0 Å². The highest BCUT2D eigenvalue weighted by Gasteiger charge is 2.18. The molecule has 0 saturated carbocycles. The van der Waals surface area contributed by atoms with Crippen LogP contribution in [0.4, 0.5) is 0 Å². The molecular weight excluding hydrogens is 376 g/mol. The first-order chi connectivity index (χ1) is 13.4. The highest BCUT2D eigenvalue weighted by molar-refractivity contribution is 7.89. The first-order valence-corrected chi connectivity index (χ1v) is 10.5. The zero-order valence-corrected chi connectivity index (χ0v) is 17.0. The highest BCUT2D eigenvalue weighted by atomic mass is 32.2. The SMILES string of the molecule is COc1cc(C)c(S(=O)(=O)NCCCOc2cccc3cccnc23)cc1C. The average Bonchev–Trinajstić information content (AvgIpc) is 2.69. The Morgan fingerprint density at radius 1 is 1.04 bits per heavy atom. The third kappa shape index (κ3) is 4.43. The van der Waals surface area contributed by atoms with Crippen molar-refractivity contribution < 1.29 is 17.9 Å². The molecule has 6 nitrogen and oxygen atoms in total. The van der Waals surface area contributed by atoms with Crippen LogP contribution in [0.1, 0.15) is 17.5 Å². The van der Waals surface area contributed by atoms with Gasteiger partial charge in [-0.25, -0.2) is 13.1 Å². The summed E-state index contributed by atoms with van der Waals surface area (Å²) in [6, 6.07) is 13.0. The van der Waals surface area contributed by atoms with Crippen LogP contribution in [0.2, 0.25) is 0 Å². The molecule has 0 bridgehead atoms. The molecule has 2 aromatic carbocycles. The van der Waals surface area contributed by atoms with Crippen LogP contribution < -0.4 is 14.2 Å². The normalized spacial score (nSPS) is 11.5. The van der Waals surface area contributed by atoms with E-state index in [-0.39, 0.29) is 11.4 Å². The van der Waals surface area contributed by atoms with Crippen molar-refractivity contribution in [2.45, 2.75) is 25.2 Å². The van der Waals surface area contributed by atoms with E-state index in [9.17, 15) is 8.42 Å². The van der Waals surface area contributed by atoms with E-state index in [0.717, 1.165) is 16.5 Å². The van der Waals surface area contributed by atoms with Gasteiger partial charge in [-0.1, -0.05) is 18.2 Å². The second kappa shape index (κ2) is 8.58. The molecule has 28 heavy (non-hydrogen) atoms. The molecule has 1 heterocycles. The van der Waals surface area contributed by atoms with Crippen LogP contribution in [0.5, 0.6) is 11.5 Å². The first-order valence-electron chi connectivity index (χ1n) is 9.04. The predicted molar refractivity (Wildman–Crippen MR) is 110 cm³/mol. The number of methoxy groups -OCH3 is 1. The first kappa shape index (κ1) is 20.1. The van der Waals surface area contributed by atoms with Crippen LogP contribution in [-0.2, 0) is 10.0 Å². The Kier molecular flexibility index (Phi) is 6.16. The molecule has 0 amide bonds. The summed E-state index contributed by atoms with van der Waals surface area (Å²) in [7, 11) is -2.02. The number of nitrogens with one attached hydrogen (secondary N) is 1. The Morgan fingerprint density at radius 3 is 2.61 bits per heavy atom. The van der Waals surface area contributed by atoms with Crippen LogP contribution >= 0.6 is 0 Å². The minimum atomic E-state index is -3.59. The number of nitrogens with zero attached hydrogens (tertiary/aromatic N) is 1. The molecule has 0 fully saturated rings. The lowest BCUT2D eigenvalue weighted by Crippen LogP contribution is -2.26. The van der Waals surface area contributed by atoms with E-state index in [0.29, 0.717) is 30.1 Å². The Balaban J connectivity index is 1.58. The lowest BCUT2D eigenvalue weighted by atomic mass is 10.1. The van der Waals surface area contributed by atoms with Crippen molar-refractivity contribution in [3.05, 3.63) is 59.8 Å². The third-order valence-corrected chi connectivity index (χ3v) is 6.05. The number of ether oxygens (including phenoxy) is 2. The fourth-order valence-electron chi connectivity index (χ4n) is 3.00. The maximum atomic E-state index is 12.6. The lowest BCUT2D eigenvalue weighted by molar-refractivity contribution is 0.314. The molecule has 1 N–H and O–H groups in total. The fourth-order valence-corrected chi connectivity index (χ4v) is 4.39. The number of hydrogen-bond acceptors (Lipinski definition) is 5. The van der Waals surface area contributed by atoms with Crippen molar-refractivity contribution in [3.8, 4) is 11.5 Å². The molecule has 0 aliphatic rings. The molecule has 1 aromatic heterocycles. The Labute approximate surface area is 165 Å². The van der Waals surface area contributed by atoms with Gasteiger partial charge in [0.1, 0.15) is 17.0 Å². The van der Waals surface area contributed by atoms with Crippen LogP contribution in [0.15, 0.2) is 53.6 Å². The summed E-state index contributed by atoms with van der Waals surface area (Å²) in [5.41, 5.74) is 2.23. The third-order valence-electron chi connectivity index (χ3n) is 4.45. The van der Waals surface area contributed by atoms with Crippen molar-refractivity contribution in [2.24, 2.45) is 0 Å². The number of benzene rings is 2. The number of hydrogen-bond donors (Lipinski definition) is 1. The van der Waals surface area contributed by atoms with Crippen molar-refractivity contribution in [1.82, 2.24) is 9.71 Å². The number of pyridine rings is 1. The van der Waals surface area contributed by atoms with Crippen molar-refractivity contribution in [2.75, 3.05) is 20.3 Å². The van der Waals surface area contributed by atoms with Gasteiger partial charge in [-0.05, 0) is 55.7 Å². The second-order valence-corrected chi connectivity index (χ2v) is 8.25. The number of para-hydroxylation sites is 1. The van der Waals surface area contributed by atoms with Gasteiger partial charge >= 0.3 is 0 Å². The quantitative estimate of drug-likeness (QED) is 0.585. The van der Waals surface area contributed by atoms with E-state index in [1.165, 1.54) is 0 Å². The van der Waals surface area contributed by atoms with E-state index in [1.54, 1.807) is 32.4 Å². The van der Waals surface area contributed by atoms with Gasteiger partial charge in [-0.15, -0.1) is 0 Å². The van der Waals surface area contributed by atoms with E-state index >= 15 is 0 Å². The fraction of sp³-hybridized carbons (Fsp3) is 0.286. The zero-order chi connectivity index (χ0) is 20.1. The van der Waals surface area contributed by atoms with E-state index in [2.05, 4.69) is 9.71 Å². The highest BCUT2D eigenvalue weighted by Crippen LogP contribution is 2.25. The molecule has 0 radical (unpaired) electrons. The number of fused-ring (bicyclic) bond motifs is 1. The molecule has 0 unspecified atom stereocenters. The number of sulfonamides is 1. The van der Waals surface area contributed by atoms with Gasteiger partial charge in [-0.3, -0.25) is 4.98 Å². The summed E-state index contributed by atoms with van der Waals surface area (Å²) < 4.78 is 38.9. The molecule has 0 spiro atoms. The van der Waals surface area contributed by atoms with Gasteiger partial charge in [0, 0.05) is 18.1 Å². The Morgan fingerprint density at radius 2 is 1.82 bits per heavy atom. The van der Waals surface area contributed by atoms with Gasteiger partial charge in [0.05, 0.1) is 18.6 Å². The van der Waals surface area contributed by atoms with Gasteiger partial charge in [0.2, 0.25) is 10.0 Å². The van der Waals surface area contributed by atoms with Gasteiger partial charge in [-0.2, -0.15) is 0 Å². The molecule has 0 saturated heterocycles. The minimum Gasteiger partial charge on any atom is -0.496 e.